The van der Waals surface area contributed by atoms with E-state index in [0.29, 0.717) is 6.04 Å². The Balaban J connectivity index is 0.00000180. The molecule has 2 fully saturated rings. The van der Waals surface area contributed by atoms with Gasteiger partial charge in [-0.25, -0.2) is 0 Å². The number of hydrogen-bond donors (Lipinski definition) is 1. The van der Waals surface area contributed by atoms with Crippen LogP contribution in [-0.4, -0.2) is 74.8 Å². The van der Waals surface area contributed by atoms with Crippen LogP contribution in [0.1, 0.15) is 6.42 Å². The minimum atomic E-state index is 0. The average Bonchev–Trinajstić information content (AvgIpc) is 2.90. The molecule has 0 saturated carbocycles. The topological polar surface area (TPSA) is 40.1 Å². The molecule has 5 nitrogen and oxygen atoms in total. The zero-order valence-corrected chi connectivity index (χ0v) is 14.0. The highest BCUT2D eigenvalue weighted by Crippen LogP contribution is 2.16. The quantitative estimate of drug-likeness (QED) is 0.340. The normalized spacial score (nSPS) is 25.0. The lowest BCUT2D eigenvalue weighted by Crippen LogP contribution is -2.46. The van der Waals surface area contributed by atoms with E-state index in [1.807, 2.05) is 13.1 Å². The van der Waals surface area contributed by atoms with E-state index in [1.54, 1.807) is 0 Å². The Bertz CT molecular complexity index is 305. The van der Waals surface area contributed by atoms with Crippen molar-refractivity contribution in [2.24, 2.45) is 4.99 Å². The van der Waals surface area contributed by atoms with Crippen molar-refractivity contribution in [3.63, 3.8) is 0 Å². The van der Waals surface area contributed by atoms with E-state index in [-0.39, 0.29) is 24.0 Å². The number of morpholine rings is 1. The molecular formula is C13H25IN4O. The van der Waals surface area contributed by atoms with Crippen molar-refractivity contribution in [2.45, 2.75) is 12.5 Å². The minimum Gasteiger partial charge on any atom is -0.379 e. The molecule has 2 rings (SSSR count). The molecule has 110 valence electrons. The summed E-state index contributed by atoms with van der Waals surface area (Å²) in [5.41, 5.74) is 0. The first kappa shape index (κ1) is 16.7. The number of aliphatic imine (C=N–C) groups is 1. The second-order valence-corrected chi connectivity index (χ2v) is 4.75. The van der Waals surface area contributed by atoms with Gasteiger partial charge in [-0.3, -0.25) is 9.89 Å². The van der Waals surface area contributed by atoms with Crippen LogP contribution in [0.4, 0.5) is 0 Å². The van der Waals surface area contributed by atoms with E-state index < -0.39 is 0 Å². The van der Waals surface area contributed by atoms with E-state index in [4.69, 9.17) is 4.74 Å². The number of rotatable bonds is 3. The van der Waals surface area contributed by atoms with Crippen molar-refractivity contribution in [1.29, 1.82) is 0 Å². The minimum absolute atomic E-state index is 0. The predicted molar refractivity (Wildman–Crippen MR) is 89.3 cm³/mol. The van der Waals surface area contributed by atoms with Gasteiger partial charge in [-0.05, 0) is 6.42 Å². The third kappa shape index (κ3) is 4.61. The maximum atomic E-state index is 5.41. The van der Waals surface area contributed by atoms with Gasteiger partial charge in [-0.2, -0.15) is 0 Å². The van der Waals surface area contributed by atoms with Crippen LogP contribution in [0.3, 0.4) is 0 Å². The standard InChI is InChI=1S/C13H24N4O.HI/c1-3-5-15-13(14-2)17-6-4-12(11-17)16-7-9-18-10-8-16;/h3,12H,1,4-11H2,2H3,(H,14,15);1H. The molecule has 0 spiro atoms. The Labute approximate surface area is 133 Å². The molecule has 2 aliphatic rings. The van der Waals surface area contributed by atoms with Crippen LogP contribution in [0, 0.1) is 0 Å². The molecule has 1 unspecified atom stereocenters. The molecule has 1 atom stereocenters. The van der Waals surface area contributed by atoms with Crippen LogP contribution in [0.25, 0.3) is 0 Å². The van der Waals surface area contributed by atoms with E-state index in [2.05, 4.69) is 26.7 Å². The molecule has 6 heteroatoms. The van der Waals surface area contributed by atoms with E-state index in [0.717, 1.165) is 51.9 Å². The lowest BCUT2D eigenvalue weighted by molar-refractivity contribution is 0.0195. The molecular weight excluding hydrogens is 355 g/mol. The van der Waals surface area contributed by atoms with Crippen molar-refractivity contribution in [2.75, 3.05) is 53.0 Å². The van der Waals surface area contributed by atoms with Gasteiger partial charge in [0.2, 0.25) is 0 Å². The van der Waals surface area contributed by atoms with Gasteiger partial charge in [0.05, 0.1) is 13.2 Å². The maximum absolute atomic E-state index is 5.41. The molecule has 2 saturated heterocycles. The fourth-order valence-corrected chi connectivity index (χ4v) is 2.67. The number of guanidine groups is 1. The van der Waals surface area contributed by atoms with Crippen LogP contribution in [0.2, 0.25) is 0 Å². The second kappa shape index (κ2) is 8.76. The number of hydrogen-bond acceptors (Lipinski definition) is 3. The summed E-state index contributed by atoms with van der Waals surface area (Å²) in [5, 5.41) is 3.30. The number of nitrogens with one attached hydrogen (secondary N) is 1. The molecule has 0 aliphatic carbocycles. The lowest BCUT2D eigenvalue weighted by Gasteiger charge is -2.32. The Morgan fingerprint density at radius 3 is 2.79 bits per heavy atom. The number of halogens is 1. The summed E-state index contributed by atoms with van der Waals surface area (Å²) >= 11 is 0. The van der Waals surface area contributed by atoms with Crippen LogP contribution in [0.5, 0.6) is 0 Å². The molecule has 0 amide bonds. The Kier molecular flexibility index (Phi) is 7.70. The first-order valence-corrected chi connectivity index (χ1v) is 6.73. The van der Waals surface area contributed by atoms with Gasteiger partial charge < -0.3 is 15.0 Å². The van der Waals surface area contributed by atoms with Gasteiger partial charge in [0.25, 0.3) is 0 Å². The summed E-state index contributed by atoms with van der Waals surface area (Å²) < 4.78 is 5.41. The summed E-state index contributed by atoms with van der Waals surface area (Å²) in [5.74, 6) is 0.991. The zero-order chi connectivity index (χ0) is 12.8. The Morgan fingerprint density at radius 2 is 2.16 bits per heavy atom. The molecule has 0 aromatic rings. The monoisotopic (exact) mass is 380 g/mol. The first-order valence-electron chi connectivity index (χ1n) is 6.73. The molecule has 2 heterocycles. The molecule has 19 heavy (non-hydrogen) atoms. The molecule has 0 aromatic carbocycles. The van der Waals surface area contributed by atoms with Gasteiger partial charge in [0, 0.05) is 45.8 Å². The van der Waals surface area contributed by atoms with Crippen LogP contribution in [-0.2, 0) is 4.74 Å². The highest BCUT2D eigenvalue weighted by molar-refractivity contribution is 14.0. The van der Waals surface area contributed by atoms with E-state index in [1.165, 1.54) is 6.42 Å². The summed E-state index contributed by atoms with van der Waals surface area (Å²) in [4.78, 5) is 9.21. The van der Waals surface area contributed by atoms with Crippen LogP contribution >= 0.6 is 24.0 Å². The lowest BCUT2D eigenvalue weighted by atomic mass is 10.2. The smallest absolute Gasteiger partial charge is 0.193 e. The highest BCUT2D eigenvalue weighted by Gasteiger charge is 2.29. The van der Waals surface area contributed by atoms with Gasteiger partial charge >= 0.3 is 0 Å². The summed E-state index contributed by atoms with van der Waals surface area (Å²) in [7, 11) is 1.84. The van der Waals surface area contributed by atoms with Crippen molar-refractivity contribution in [3.05, 3.63) is 12.7 Å². The average molecular weight is 380 g/mol. The third-order valence-corrected chi connectivity index (χ3v) is 3.64. The molecule has 2 aliphatic heterocycles. The second-order valence-electron chi connectivity index (χ2n) is 4.75. The fourth-order valence-electron chi connectivity index (χ4n) is 2.67. The first-order chi connectivity index (χ1) is 8.85. The highest BCUT2D eigenvalue weighted by atomic mass is 127. The van der Waals surface area contributed by atoms with Crippen molar-refractivity contribution >= 4 is 29.9 Å². The third-order valence-electron chi connectivity index (χ3n) is 3.64. The summed E-state index contributed by atoms with van der Waals surface area (Å²) in [6.07, 6.45) is 3.08. The van der Waals surface area contributed by atoms with Gasteiger partial charge in [0.15, 0.2) is 5.96 Å². The Morgan fingerprint density at radius 1 is 1.42 bits per heavy atom. The van der Waals surface area contributed by atoms with Gasteiger partial charge in [-0.15, -0.1) is 30.6 Å². The largest absolute Gasteiger partial charge is 0.379 e. The van der Waals surface area contributed by atoms with Gasteiger partial charge in [-0.1, -0.05) is 6.08 Å². The summed E-state index contributed by atoms with van der Waals surface area (Å²) in [6, 6.07) is 0.649. The van der Waals surface area contributed by atoms with E-state index in [9.17, 15) is 0 Å². The number of likely N-dealkylation sites (tertiary alicyclic amines) is 1. The van der Waals surface area contributed by atoms with E-state index >= 15 is 0 Å². The summed E-state index contributed by atoms with van der Waals surface area (Å²) in [6.45, 7) is 10.5. The molecule has 0 radical (unpaired) electrons. The van der Waals surface area contributed by atoms with Gasteiger partial charge in [0.1, 0.15) is 0 Å². The zero-order valence-electron chi connectivity index (χ0n) is 11.7. The number of ether oxygens (including phenoxy) is 1. The number of nitrogens with zero attached hydrogens (tertiary/aromatic N) is 3. The van der Waals surface area contributed by atoms with Crippen LogP contribution < -0.4 is 5.32 Å². The fraction of sp³-hybridized carbons (Fsp3) is 0.769. The molecule has 1 N–H and O–H groups in total. The molecule has 0 aromatic heterocycles. The predicted octanol–water partition coefficient (Wildman–Crippen LogP) is 0.772. The Hall–Kier alpha value is -0.340. The van der Waals surface area contributed by atoms with Crippen molar-refractivity contribution < 1.29 is 4.74 Å². The van der Waals surface area contributed by atoms with Crippen molar-refractivity contribution in [1.82, 2.24) is 15.1 Å². The maximum Gasteiger partial charge on any atom is 0.193 e. The van der Waals surface area contributed by atoms with Crippen molar-refractivity contribution in [3.8, 4) is 0 Å². The molecule has 0 bridgehead atoms. The van der Waals surface area contributed by atoms with Crippen LogP contribution in [0.15, 0.2) is 17.6 Å². The SMILES string of the molecule is C=CCNC(=NC)N1CCC(N2CCOCC2)C1.I.